The maximum atomic E-state index is 6.14. The summed E-state index contributed by atoms with van der Waals surface area (Å²) >= 11 is 13.3. The minimum absolute atomic E-state index is 0.0393. The van der Waals surface area contributed by atoms with Gasteiger partial charge in [0.2, 0.25) is 0 Å². The third kappa shape index (κ3) is 3.30. The van der Waals surface area contributed by atoms with Crippen LogP contribution in [0.3, 0.4) is 0 Å². The van der Waals surface area contributed by atoms with Crippen molar-refractivity contribution in [2.24, 2.45) is 0 Å². The Hall–Kier alpha value is -0.710. The molecule has 0 aromatic heterocycles. The molecule has 20 heavy (non-hydrogen) atoms. The van der Waals surface area contributed by atoms with Gasteiger partial charge in [0.15, 0.2) is 0 Å². The Bertz CT molecular complexity index is 617. The van der Waals surface area contributed by atoms with Gasteiger partial charge in [-0.15, -0.1) is 0 Å². The van der Waals surface area contributed by atoms with E-state index >= 15 is 0 Å². The minimum Gasteiger partial charge on any atom is -0.497 e. The second-order valence-electron chi connectivity index (χ2n) is 4.15. The summed E-state index contributed by atoms with van der Waals surface area (Å²) in [5.74, 6) is 1.58. The maximum absolute atomic E-state index is 6.14. The number of hydrogen-bond donors (Lipinski definition) is 0. The Kier molecular flexibility index (Phi) is 5.35. The van der Waals surface area contributed by atoms with Crippen molar-refractivity contribution >= 4 is 43.5 Å². The number of hydrogen-bond acceptors (Lipinski definition) is 2. The monoisotopic (exact) mass is 418 g/mol. The van der Waals surface area contributed by atoms with E-state index in [1.54, 1.807) is 14.2 Å². The van der Waals surface area contributed by atoms with Crippen LogP contribution in [0.1, 0.15) is 16.0 Å². The molecule has 0 N–H and O–H groups in total. The first-order valence-electron chi connectivity index (χ1n) is 5.87. The van der Waals surface area contributed by atoms with Crippen molar-refractivity contribution in [3.05, 3.63) is 57.0 Å². The van der Waals surface area contributed by atoms with Gasteiger partial charge in [0.25, 0.3) is 0 Å². The largest absolute Gasteiger partial charge is 0.497 e. The van der Waals surface area contributed by atoms with Crippen LogP contribution in [-0.2, 0) is 0 Å². The Morgan fingerprint density at radius 1 is 1.10 bits per heavy atom. The smallest absolute Gasteiger partial charge is 0.137 e. The molecule has 0 aliphatic heterocycles. The van der Waals surface area contributed by atoms with Gasteiger partial charge in [-0.25, -0.2) is 0 Å². The molecular formula is C15H13Br2ClO2. The van der Waals surface area contributed by atoms with Crippen molar-refractivity contribution in [3.8, 4) is 11.5 Å². The van der Waals surface area contributed by atoms with Crippen LogP contribution in [0.25, 0.3) is 0 Å². The molecule has 1 atom stereocenters. The molecule has 0 aliphatic carbocycles. The van der Waals surface area contributed by atoms with Crippen LogP contribution in [0.4, 0.5) is 0 Å². The fraction of sp³-hybridized carbons (Fsp3) is 0.200. The topological polar surface area (TPSA) is 18.5 Å². The average Bonchev–Trinajstić information content (AvgIpc) is 2.45. The number of rotatable bonds is 4. The van der Waals surface area contributed by atoms with E-state index in [0.717, 1.165) is 27.1 Å². The van der Waals surface area contributed by atoms with Gasteiger partial charge in [0.05, 0.1) is 23.5 Å². The third-order valence-corrected chi connectivity index (χ3v) is 4.73. The van der Waals surface area contributed by atoms with Crippen LogP contribution in [0.5, 0.6) is 11.5 Å². The van der Waals surface area contributed by atoms with Crippen molar-refractivity contribution in [3.63, 3.8) is 0 Å². The molecule has 5 heteroatoms. The number of alkyl halides is 1. The van der Waals surface area contributed by atoms with E-state index in [9.17, 15) is 0 Å². The van der Waals surface area contributed by atoms with Crippen LogP contribution in [-0.4, -0.2) is 14.2 Å². The molecule has 0 saturated heterocycles. The van der Waals surface area contributed by atoms with Gasteiger partial charge in [0, 0.05) is 10.6 Å². The molecule has 0 spiro atoms. The first-order chi connectivity index (χ1) is 9.56. The summed E-state index contributed by atoms with van der Waals surface area (Å²) in [5.41, 5.74) is 2.02. The predicted octanol–water partition coefficient (Wildman–Crippen LogP) is 5.60. The van der Waals surface area contributed by atoms with Crippen molar-refractivity contribution < 1.29 is 9.47 Å². The maximum Gasteiger partial charge on any atom is 0.137 e. The van der Waals surface area contributed by atoms with E-state index in [1.165, 1.54) is 0 Å². The summed E-state index contributed by atoms with van der Waals surface area (Å²) < 4.78 is 11.5. The lowest BCUT2D eigenvalue weighted by atomic mass is 10.0. The molecule has 0 heterocycles. The van der Waals surface area contributed by atoms with Gasteiger partial charge >= 0.3 is 0 Å². The van der Waals surface area contributed by atoms with E-state index in [2.05, 4.69) is 31.9 Å². The minimum atomic E-state index is -0.0393. The zero-order chi connectivity index (χ0) is 14.7. The van der Waals surface area contributed by atoms with E-state index < -0.39 is 0 Å². The van der Waals surface area contributed by atoms with Crippen LogP contribution >= 0.6 is 43.5 Å². The molecule has 2 aromatic carbocycles. The number of benzene rings is 2. The standard InChI is InChI=1S/C15H13Br2ClO2/c1-19-11-5-3-4-9(6-11)14(17)12-7-10(18)8-13(16)15(12)20-2/h3-8,14H,1-2H3. The molecule has 2 aromatic rings. The van der Waals surface area contributed by atoms with Gasteiger partial charge in [-0.2, -0.15) is 0 Å². The highest BCUT2D eigenvalue weighted by molar-refractivity contribution is 9.10. The summed E-state index contributed by atoms with van der Waals surface area (Å²) in [6, 6.07) is 11.6. The Morgan fingerprint density at radius 3 is 2.50 bits per heavy atom. The summed E-state index contributed by atoms with van der Waals surface area (Å²) in [7, 11) is 3.29. The normalized spacial score (nSPS) is 12.1. The van der Waals surface area contributed by atoms with Gasteiger partial charge in [-0.3, -0.25) is 0 Å². The highest BCUT2D eigenvalue weighted by Crippen LogP contribution is 2.42. The number of ether oxygens (including phenoxy) is 2. The Labute approximate surface area is 140 Å². The second-order valence-corrected chi connectivity index (χ2v) is 6.36. The molecule has 1 unspecified atom stereocenters. The lowest BCUT2D eigenvalue weighted by molar-refractivity contribution is 0.407. The molecular weight excluding hydrogens is 407 g/mol. The summed E-state index contributed by atoms with van der Waals surface area (Å²) in [4.78, 5) is -0.0393. The molecule has 2 nitrogen and oxygen atoms in total. The lowest BCUT2D eigenvalue weighted by Gasteiger charge is -2.17. The van der Waals surface area contributed by atoms with E-state index in [1.807, 2.05) is 36.4 Å². The Morgan fingerprint density at radius 2 is 1.85 bits per heavy atom. The number of halogens is 3. The molecule has 2 rings (SSSR count). The highest BCUT2D eigenvalue weighted by atomic mass is 79.9. The number of methoxy groups -OCH3 is 2. The zero-order valence-corrected chi connectivity index (χ0v) is 14.9. The van der Waals surface area contributed by atoms with Gasteiger partial charge < -0.3 is 9.47 Å². The van der Waals surface area contributed by atoms with Crippen LogP contribution in [0.15, 0.2) is 40.9 Å². The van der Waals surface area contributed by atoms with Crippen molar-refractivity contribution in [2.75, 3.05) is 14.2 Å². The molecule has 106 valence electrons. The first kappa shape index (κ1) is 15.7. The average molecular weight is 421 g/mol. The lowest BCUT2D eigenvalue weighted by Crippen LogP contribution is -1.98. The van der Waals surface area contributed by atoms with Crippen molar-refractivity contribution in [1.82, 2.24) is 0 Å². The molecule has 0 saturated carbocycles. The van der Waals surface area contributed by atoms with Crippen molar-refractivity contribution in [1.29, 1.82) is 0 Å². The zero-order valence-electron chi connectivity index (χ0n) is 11.0. The van der Waals surface area contributed by atoms with Crippen molar-refractivity contribution in [2.45, 2.75) is 4.83 Å². The van der Waals surface area contributed by atoms with Crippen LogP contribution in [0.2, 0.25) is 5.02 Å². The van der Waals surface area contributed by atoms with Crippen LogP contribution < -0.4 is 9.47 Å². The quantitative estimate of drug-likeness (QED) is 0.599. The SMILES string of the molecule is COc1cccc(C(Br)c2cc(Cl)cc(Br)c2OC)c1. The first-order valence-corrected chi connectivity index (χ1v) is 7.96. The van der Waals surface area contributed by atoms with E-state index in [-0.39, 0.29) is 4.83 Å². The predicted molar refractivity (Wildman–Crippen MR) is 89.5 cm³/mol. The second kappa shape index (κ2) is 6.83. The fourth-order valence-electron chi connectivity index (χ4n) is 1.96. The summed E-state index contributed by atoms with van der Waals surface area (Å²) in [6.45, 7) is 0. The van der Waals surface area contributed by atoms with Gasteiger partial charge in [0.1, 0.15) is 11.5 Å². The fourth-order valence-corrected chi connectivity index (χ4v) is 3.58. The summed E-state index contributed by atoms with van der Waals surface area (Å²) in [6.07, 6.45) is 0. The Balaban J connectivity index is 2.49. The van der Waals surface area contributed by atoms with Gasteiger partial charge in [-0.1, -0.05) is 39.7 Å². The third-order valence-electron chi connectivity index (χ3n) is 2.90. The molecule has 0 radical (unpaired) electrons. The molecule has 0 fully saturated rings. The van der Waals surface area contributed by atoms with Crippen LogP contribution in [0, 0.1) is 0 Å². The van der Waals surface area contributed by atoms with E-state index in [0.29, 0.717) is 5.02 Å². The molecule has 0 amide bonds. The molecule has 0 bridgehead atoms. The highest BCUT2D eigenvalue weighted by Gasteiger charge is 2.19. The van der Waals surface area contributed by atoms with Gasteiger partial charge in [-0.05, 0) is 45.8 Å². The molecule has 0 aliphatic rings. The van der Waals surface area contributed by atoms with E-state index in [4.69, 9.17) is 21.1 Å². The summed E-state index contributed by atoms with van der Waals surface area (Å²) in [5, 5.41) is 0.653.